The van der Waals surface area contributed by atoms with E-state index in [4.69, 9.17) is 16.7 Å². The fourth-order valence-corrected chi connectivity index (χ4v) is 4.10. The summed E-state index contributed by atoms with van der Waals surface area (Å²) >= 11 is 6.19. The van der Waals surface area contributed by atoms with E-state index < -0.39 is 0 Å². The molecule has 1 aliphatic rings. The van der Waals surface area contributed by atoms with Gasteiger partial charge < -0.3 is 5.32 Å². The van der Waals surface area contributed by atoms with E-state index in [9.17, 15) is 4.79 Å². The Labute approximate surface area is 183 Å². The first kappa shape index (κ1) is 20.7. The van der Waals surface area contributed by atoms with Crippen LogP contribution in [-0.2, 0) is 36.0 Å². The van der Waals surface area contributed by atoms with Crippen molar-refractivity contribution in [3.63, 3.8) is 0 Å². The van der Waals surface area contributed by atoms with Crippen LogP contribution in [0.15, 0.2) is 48.5 Å². The van der Waals surface area contributed by atoms with Crippen LogP contribution in [0.4, 0.5) is 0 Å². The van der Waals surface area contributed by atoms with Gasteiger partial charge in [0, 0.05) is 10.4 Å². The third-order valence-electron chi connectivity index (χ3n) is 5.60. The van der Waals surface area contributed by atoms with E-state index in [1.165, 1.54) is 17.5 Å². The third-order valence-corrected chi connectivity index (χ3v) is 5.83. The van der Waals surface area contributed by atoms with Crippen LogP contribution in [0.5, 0.6) is 0 Å². The van der Waals surface area contributed by atoms with Crippen molar-refractivity contribution in [2.24, 2.45) is 0 Å². The first-order valence-electron chi connectivity index (χ1n) is 10.5. The molecule has 5 heteroatoms. The summed E-state index contributed by atoms with van der Waals surface area (Å²) < 4.78 is 1.88. The maximum Gasteiger partial charge on any atom is 0.224 e. The molecule has 2 aromatic carbocycles. The van der Waals surface area contributed by atoms with E-state index in [-0.39, 0.29) is 11.3 Å². The summed E-state index contributed by atoms with van der Waals surface area (Å²) in [5.41, 5.74) is 6.61. The predicted octanol–water partition coefficient (Wildman–Crippen LogP) is 5.17. The molecule has 0 atom stereocenters. The Bertz CT molecular complexity index is 1080. The largest absolute Gasteiger partial charge is 0.350 e. The smallest absolute Gasteiger partial charge is 0.224 e. The van der Waals surface area contributed by atoms with Gasteiger partial charge in [-0.15, -0.1) is 0 Å². The van der Waals surface area contributed by atoms with E-state index >= 15 is 0 Å². The van der Waals surface area contributed by atoms with Gasteiger partial charge in [-0.05, 0) is 60.2 Å². The molecule has 1 N–H and O–H groups in total. The second-order valence-corrected chi connectivity index (χ2v) is 9.51. The molecule has 1 aliphatic carbocycles. The van der Waals surface area contributed by atoms with Crippen LogP contribution in [0.3, 0.4) is 0 Å². The zero-order chi connectivity index (χ0) is 21.3. The molecule has 1 aromatic heterocycles. The van der Waals surface area contributed by atoms with Gasteiger partial charge in [0.2, 0.25) is 5.91 Å². The minimum atomic E-state index is -0.0903. The van der Waals surface area contributed by atoms with Gasteiger partial charge in [0.1, 0.15) is 0 Å². The Morgan fingerprint density at radius 2 is 1.90 bits per heavy atom. The number of aryl methyl sites for hydroxylation is 2. The molecule has 4 nitrogen and oxygen atoms in total. The number of aromatic nitrogens is 2. The van der Waals surface area contributed by atoms with Gasteiger partial charge in [-0.25, -0.2) is 4.68 Å². The summed E-state index contributed by atoms with van der Waals surface area (Å²) in [6.07, 6.45) is 3.89. The topological polar surface area (TPSA) is 46.9 Å². The van der Waals surface area contributed by atoms with Crippen LogP contribution in [0.2, 0.25) is 5.02 Å². The molecule has 0 unspecified atom stereocenters. The van der Waals surface area contributed by atoms with Crippen LogP contribution >= 0.6 is 11.6 Å². The van der Waals surface area contributed by atoms with E-state index in [0.717, 1.165) is 35.5 Å². The first-order valence-corrected chi connectivity index (χ1v) is 10.9. The number of nitrogens with one attached hydrogen (secondary N) is 1. The minimum Gasteiger partial charge on any atom is -0.350 e. The Kier molecular flexibility index (Phi) is 5.70. The van der Waals surface area contributed by atoms with Crippen molar-refractivity contribution in [3.05, 3.63) is 81.6 Å². The van der Waals surface area contributed by atoms with Gasteiger partial charge in [0.05, 0.1) is 30.0 Å². The molecule has 4 rings (SSSR count). The molecule has 1 heterocycles. The summed E-state index contributed by atoms with van der Waals surface area (Å²) in [5, 5.41) is 8.53. The standard InChI is InChI=1S/C25H28ClN3O/c1-25(2,3)23-15-22(29(28-23)21-9-5-8-20(26)14-21)16-27-24(30)13-17-10-11-18-6-4-7-19(18)12-17/h5,8-12,14-15H,4,6-7,13,16H2,1-3H3,(H,27,30). The van der Waals surface area contributed by atoms with Gasteiger partial charge in [-0.3, -0.25) is 4.79 Å². The average molecular weight is 422 g/mol. The lowest BCUT2D eigenvalue weighted by molar-refractivity contribution is -0.120. The Hall–Kier alpha value is -2.59. The highest BCUT2D eigenvalue weighted by molar-refractivity contribution is 6.30. The molecule has 0 saturated heterocycles. The molecule has 156 valence electrons. The molecule has 0 spiro atoms. The maximum absolute atomic E-state index is 12.6. The SMILES string of the molecule is CC(C)(C)c1cc(CNC(=O)Cc2ccc3c(c2)CCC3)n(-c2cccc(Cl)c2)n1. The van der Waals surface area contributed by atoms with E-state index in [1.54, 1.807) is 0 Å². The molecule has 0 radical (unpaired) electrons. The lowest BCUT2D eigenvalue weighted by Crippen LogP contribution is -2.25. The number of halogens is 1. The second-order valence-electron chi connectivity index (χ2n) is 9.07. The minimum absolute atomic E-state index is 0.0177. The number of rotatable bonds is 5. The Balaban J connectivity index is 1.50. The van der Waals surface area contributed by atoms with Crippen LogP contribution < -0.4 is 5.32 Å². The maximum atomic E-state index is 12.6. The van der Waals surface area contributed by atoms with Crippen molar-refractivity contribution in [3.8, 4) is 5.69 Å². The van der Waals surface area contributed by atoms with Gasteiger partial charge in [-0.1, -0.05) is 56.6 Å². The molecule has 0 bridgehead atoms. The van der Waals surface area contributed by atoms with Crippen molar-refractivity contribution < 1.29 is 4.79 Å². The van der Waals surface area contributed by atoms with E-state index in [2.05, 4.69) is 50.4 Å². The number of nitrogens with zero attached hydrogens (tertiary/aromatic N) is 2. The summed E-state index contributed by atoms with van der Waals surface area (Å²) in [6, 6.07) is 16.1. The highest BCUT2D eigenvalue weighted by Gasteiger charge is 2.21. The van der Waals surface area contributed by atoms with Crippen molar-refractivity contribution in [1.29, 1.82) is 0 Å². The first-order chi connectivity index (χ1) is 14.3. The summed E-state index contributed by atoms with van der Waals surface area (Å²) in [5.74, 6) is 0.0177. The lowest BCUT2D eigenvalue weighted by atomic mass is 9.92. The van der Waals surface area contributed by atoms with Crippen molar-refractivity contribution in [2.75, 3.05) is 0 Å². The summed E-state index contributed by atoms with van der Waals surface area (Å²) in [7, 11) is 0. The molecule has 0 aliphatic heterocycles. The fourth-order valence-electron chi connectivity index (χ4n) is 3.92. The van der Waals surface area contributed by atoms with Gasteiger partial charge in [0.15, 0.2) is 0 Å². The van der Waals surface area contributed by atoms with Gasteiger partial charge >= 0.3 is 0 Å². The van der Waals surface area contributed by atoms with E-state index in [0.29, 0.717) is 18.0 Å². The predicted molar refractivity (Wildman–Crippen MR) is 121 cm³/mol. The molecule has 3 aromatic rings. The van der Waals surface area contributed by atoms with E-state index in [1.807, 2.05) is 28.9 Å². The van der Waals surface area contributed by atoms with Crippen LogP contribution in [0.1, 0.15) is 55.3 Å². The van der Waals surface area contributed by atoms with Crippen LogP contribution in [0, 0.1) is 0 Å². The van der Waals surface area contributed by atoms with Crippen molar-refractivity contribution >= 4 is 17.5 Å². The Morgan fingerprint density at radius 1 is 1.10 bits per heavy atom. The quantitative estimate of drug-likeness (QED) is 0.617. The molecule has 0 saturated carbocycles. The van der Waals surface area contributed by atoms with Crippen molar-refractivity contribution in [2.45, 2.75) is 58.4 Å². The zero-order valence-electron chi connectivity index (χ0n) is 17.8. The highest BCUT2D eigenvalue weighted by Crippen LogP contribution is 2.25. The number of hydrogen-bond acceptors (Lipinski definition) is 2. The molecule has 0 fully saturated rings. The van der Waals surface area contributed by atoms with Crippen LogP contribution in [-0.4, -0.2) is 15.7 Å². The van der Waals surface area contributed by atoms with Crippen molar-refractivity contribution in [1.82, 2.24) is 15.1 Å². The molecule has 30 heavy (non-hydrogen) atoms. The lowest BCUT2D eigenvalue weighted by Gasteiger charge is -2.14. The number of carbonyl (C=O) groups is 1. The summed E-state index contributed by atoms with van der Waals surface area (Å²) in [6.45, 7) is 6.81. The molecular formula is C25H28ClN3O. The number of benzene rings is 2. The van der Waals surface area contributed by atoms with Gasteiger partial charge in [-0.2, -0.15) is 5.10 Å². The number of amides is 1. The normalized spacial score (nSPS) is 13.3. The molecular weight excluding hydrogens is 394 g/mol. The monoisotopic (exact) mass is 421 g/mol. The number of hydrogen-bond donors (Lipinski definition) is 1. The fraction of sp³-hybridized carbons (Fsp3) is 0.360. The number of carbonyl (C=O) groups excluding carboxylic acids is 1. The highest BCUT2D eigenvalue weighted by atomic mass is 35.5. The third kappa shape index (κ3) is 4.59. The number of fused-ring (bicyclic) bond motifs is 1. The second kappa shape index (κ2) is 8.27. The zero-order valence-corrected chi connectivity index (χ0v) is 18.6. The Morgan fingerprint density at radius 3 is 2.67 bits per heavy atom. The average Bonchev–Trinajstić information content (AvgIpc) is 3.32. The summed E-state index contributed by atoms with van der Waals surface area (Å²) in [4.78, 5) is 12.6. The van der Waals surface area contributed by atoms with Crippen LogP contribution in [0.25, 0.3) is 5.69 Å². The molecule has 1 amide bonds. The van der Waals surface area contributed by atoms with Gasteiger partial charge in [0.25, 0.3) is 0 Å².